The predicted molar refractivity (Wildman–Crippen MR) is 59.7 cm³/mol. The van der Waals surface area contributed by atoms with Gasteiger partial charge in [-0.05, 0) is 13.8 Å². The van der Waals surface area contributed by atoms with E-state index >= 15 is 0 Å². The summed E-state index contributed by atoms with van der Waals surface area (Å²) in [6.45, 7) is 5.75. The molecule has 5 nitrogen and oxygen atoms in total. The molecule has 0 aliphatic rings. The van der Waals surface area contributed by atoms with Crippen LogP contribution in [0.25, 0.3) is 0 Å². The molecular weight excluding hydrogens is 204 g/mol. The molecule has 2 heterocycles. The largest absolute Gasteiger partial charge is 0.360 e. The van der Waals surface area contributed by atoms with E-state index in [4.69, 9.17) is 4.52 Å². The molecule has 2 aromatic rings. The fourth-order valence-corrected chi connectivity index (χ4v) is 1.48. The Balaban J connectivity index is 1.90. The van der Waals surface area contributed by atoms with Crippen molar-refractivity contribution in [1.29, 1.82) is 0 Å². The van der Waals surface area contributed by atoms with Crippen LogP contribution >= 0.6 is 0 Å². The van der Waals surface area contributed by atoms with Crippen LogP contribution in [0, 0.1) is 0 Å². The maximum atomic E-state index is 5.01. The first-order chi connectivity index (χ1) is 7.79. The maximum absolute atomic E-state index is 5.01. The van der Waals surface area contributed by atoms with Crippen LogP contribution in [0.3, 0.4) is 0 Å². The Kier molecular flexibility index (Phi) is 3.36. The summed E-state index contributed by atoms with van der Waals surface area (Å²) in [7, 11) is 0. The van der Waals surface area contributed by atoms with Crippen molar-refractivity contribution in [2.24, 2.45) is 0 Å². The van der Waals surface area contributed by atoms with E-state index in [1.54, 1.807) is 6.20 Å². The van der Waals surface area contributed by atoms with Crippen molar-refractivity contribution in [2.45, 2.75) is 33.0 Å². The van der Waals surface area contributed by atoms with E-state index < -0.39 is 0 Å². The van der Waals surface area contributed by atoms with E-state index in [0.29, 0.717) is 6.54 Å². The first-order valence-electron chi connectivity index (χ1n) is 5.45. The molecule has 1 unspecified atom stereocenters. The lowest BCUT2D eigenvalue weighted by Crippen LogP contribution is -2.17. The molecule has 5 heteroatoms. The normalized spacial score (nSPS) is 12.9. The molecule has 1 N–H and O–H groups in total. The van der Waals surface area contributed by atoms with Gasteiger partial charge in [-0.2, -0.15) is 5.10 Å². The Hall–Kier alpha value is -1.62. The number of hydrogen-bond acceptors (Lipinski definition) is 4. The molecule has 1 atom stereocenters. The van der Waals surface area contributed by atoms with Crippen molar-refractivity contribution in [1.82, 2.24) is 20.3 Å². The summed E-state index contributed by atoms with van der Waals surface area (Å²) < 4.78 is 6.93. The Morgan fingerprint density at radius 2 is 2.44 bits per heavy atom. The SMILES string of the molecule is CCn1cc(C(C)NCc2ccno2)cn1. The number of aryl methyl sites for hydroxylation is 1. The number of aromatic nitrogens is 3. The van der Waals surface area contributed by atoms with E-state index in [2.05, 4.69) is 35.6 Å². The van der Waals surface area contributed by atoms with E-state index in [9.17, 15) is 0 Å². The Morgan fingerprint density at radius 1 is 1.56 bits per heavy atom. The van der Waals surface area contributed by atoms with E-state index in [0.717, 1.165) is 12.3 Å². The van der Waals surface area contributed by atoms with E-state index in [1.807, 2.05) is 16.9 Å². The van der Waals surface area contributed by atoms with Gasteiger partial charge in [0, 0.05) is 30.4 Å². The van der Waals surface area contributed by atoms with Gasteiger partial charge >= 0.3 is 0 Å². The van der Waals surface area contributed by atoms with Crippen LogP contribution in [0.4, 0.5) is 0 Å². The quantitative estimate of drug-likeness (QED) is 0.834. The van der Waals surface area contributed by atoms with E-state index in [1.165, 1.54) is 5.56 Å². The number of nitrogens with one attached hydrogen (secondary N) is 1. The Morgan fingerprint density at radius 3 is 3.06 bits per heavy atom. The van der Waals surface area contributed by atoms with Crippen molar-refractivity contribution in [3.8, 4) is 0 Å². The molecule has 0 fully saturated rings. The fourth-order valence-electron chi connectivity index (χ4n) is 1.48. The van der Waals surface area contributed by atoms with Crippen LogP contribution < -0.4 is 5.32 Å². The molecule has 0 aliphatic carbocycles. The smallest absolute Gasteiger partial charge is 0.150 e. The highest BCUT2D eigenvalue weighted by Crippen LogP contribution is 2.11. The van der Waals surface area contributed by atoms with Gasteiger partial charge in [-0.15, -0.1) is 0 Å². The highest BCUT2D eigenvalue weighted by atomic mass is 16.5. The molecule has 0 radical (unpaired) electrons. The van der Waals surface area contributed by atoms with Crippen molar-refractivity contribution >= 4 is 0 Å². The van der Waals surface area contributed by atoms with Crippen molar-refractivity contribution in [3.63, 3.8) is 0 Å². The molecule has 2 rings (SSSR count). The lowest BCUT2D eigenvalue weighted by molar-refractivity contribution is 0.366. The fraction of sp³-hybridized carbons (Fsp3) is 0.455. The molecular formula is C11H16N4O. The molecule has 0 bridgehead atoms. The predicted octanol–water partition coefficient (Wildman–Crippen LogP) is 1.74. The summed E-state index contributed by atoms with van der Waals surface area (Å²) in [6.07, 6.45) is 5.59. The first kappa shape index (κ1) is 10.9. The topological polar surface area (TPSA) is 55.9 Å². The van der Waals surface area contributed by atoms with Gasteiger partial charge in [-0.25, -0.2) is 0 Å². The Labute approximate surface area is 94.4 Å². The van der Waals surface area contributed by atoms with Crippen molar-refractivity contribution in [3.05, 3.63) is 36.0 Å². The molecule has 86 valence electrons. The van der Waals surface area contributed by atoms with Gasteiger partial charge in [-0.1, -0.05) is 5.16 Å². The summed E-state index contributed by atoms with van der Waals surface area (Å²) >= 11 is 0. The first-order valence-corrected chi connectivity index (χ1v) is 5.45. The molecule has 0 amide bonds. The second kappa shape index (κ2) is 4.94. The average Bonchev–Trinajstić information content (AvgIpc) is 2.96. The third-order valence-corrected chi connectivity index (χ3v) is 2.55. The van der Waals surface area contributed by atoms with Crippen LogP contribution in [0.15, 0.2) is 29.2 Å². The molecule has 0 aromatic carbocycles. The zero-order chi connectivity index (χ0) is 11.4. The summed E-state index contributed by atoms with van der Waals surface area (Å²) in [6, 6.07) is 2.11. The third-order valence-electron chi connectivity index (χ3n) is 2.55. The van der Waals surface area contributed by atoms with Crippen LogP contribution in [-0.4, -0.2) is 14.9 Å². The van der Waals surface area contributed by atoms with Gasteiger partial charge in [0.25, 0.3) is 0 Å². The number of rotatable bonds is 5. The number of hydrogen-bond donors (Lipinski definition) is 1. The van der Waals surface area contributed by atoms with Crippen LogP contribution in [0.1, 0.15) is 31.2 Å². The molecule has 0 spiro atoms. The van der Waals surface area contributed by atoms with Crippen LogP contribution in [0.2, 0.25) is 0 Å². The zero-order valence-corrected chi connectivity index (χ0v) is 9.55. The molecule has 0 saturated carbocycles. The summed E-state index contributed by atoms with van der Waals surface area (Å²) in [5.41, 5.74) is 1.18. The average molecular weight is 220 g/mol. The second-order valence-electron chi connectivity index (χ2n) is 3.71. The molecule has 2 aromatic heterocycles. The summed E-state index contributed by atoms with van der Waals surface area (Å²) in [4.78, 5) is 0. The maximum Gasteiger partial charge on any atom is 0.150 e. The monoisotopic (exact) mass is 220 g/mol. The lowest BCUT2D eigenvalue weighted by Gasteiger charge is -2.09. The molecule has 0 aliphatic heterocycles. The van der Waals surface area contributed by atoms with Gasteiger partial charge in [0.2, 0.25) is 0 Å². The van der Waals surface area contributed by atoms with E-state index in [-0.39, 0.29) is 6.04 Å². The minimum Gasteiger partial charge on any atom is -0.360 e. The summed E-state index contributed by atoms with van der Waals surface area (Å²) in [5, 5.41) is 11.3. The standard InChI is InChI=1S/C11H16N4O/c1-3-15-8-10(6-13-15)9(2)12-7-11-4-5-14-16-11/h4-6,8-9,12H,3,7H2,1-2H3. The van der Waals surface area contributed by atoms with Crippen molar-refractivity contribution < 1.29 is 4.52 Å². The Bertz CT molecular complexity index is 421. The third kappa shape index (κ3) is 2.49. The van der Waals surface area contributed by atoms with Gasteiger partial charge in [-0.3, -0.25) is 4.68 Å². The molecule has 0 saturated heterocycles. The van der Waals surface area contributed by atoms with Crippen molar-refractivity contribution in [2.75, 3.05) is 0 Å². The van der Waals surface area contributed by atoms with Gasteiger partial charge in [0.05, 0.1) is 18.9 Å². The van der Waals surface area contributed by atoms with Crippen LogP contribution in [-0.2, 0) is 13.1 Å². The van der Waals surface area contributed by atoms with Crippen LogP contribution in [0.5, 0.6) is 0 Å². The second-order valence-corrected chi connectivity index (χ2v) is 3.71. The van der Waals surface area contributed by atoms with Gasteiger partial charge in [0.1, 0.15) is 5.76 Å². The van der Waals surface area contributed by atoms with Gasteiger partial charge < -0.3 is 9.84 Å². The highest BCUT2D eigenvalue weighted by Gasteiger charge is 2.08. The minimum atomic E-state index is 0.255. The lowest BCUT2D eigenvalue weighted by atomic mass is 10.2. The molecule has 16 heavy (non-hydrogen) atoms. The summed E-state index contributed by atoms with van der Waals surface area (Å²) in [5.74, 6) is 0.842. The number of nitrogens with zero attached hydrogens (tertiary/aromatic N) is 3. The highest BCUT2D eigenvalue weighted by molar-refractivity contribution is 5.09. The minimum absolute atomic E-state index is 0.255. The van der Waals surface area contributed by atoms with Gasteiger partial charge in [0.15, 0.2) is 0 Å². The zero-order valence-electron chi connectivity index (χ0n) is 9.55.